The molecule has 0 aliphatic heterocycles. The summed E-state index contributed by atoms with van der Waals surface area (Å²) in [5.74, 6) is 0. The van der Waals surface area contributed by atoms with E-state index in [1.54, 1.807) is 12.4 Å². The molecule has 1 N–H and O–H groups in total. The van der Waals surface area contributed by atoms with Crippen molar-refractivity contribution in [3.05, 3.63) is 65.0 Å². The van der Waals surface area contributed by atoms with Crippen LogP contribution in [0.1, 0.15) is 35.1 Å². The Labute approximate surface area is 107 Å². The van der Waals surface area contributed by atoms with Gasteiger partial charge in [-0.15, -0.1) is 0 Å². The fraction of sp³-hybridized carbons (Fsp3) is 0.312. The maximum Gasteiger partial charge on any atom is 0.117 e. The van der Waals surface area contributed by atoms with E-state index < -0.39 is 5.60 Å². The van der Waals surface area contributed by atoms with Crippen LogP contribution in [0.3, 0.4) is 0 Å². The quantitative estimate of drug-likeness (QED) is 0.830. The Bertz CT molecular complexity index is 579. The molecule has 2 aromatic rings. The molecule has 0 spiro atoms. The average Bonchev–Trinajstić information content (AvgIpc) is 2.40. The van der Waals surface area contributed by atoms with Crippen molar-refractivity contribution in [2.24, 2.45) is 0 Å². The molecule has 0 saturated carbocycles. The normalized spacial score (nSPS) is 22.6. The molecular weight excluding hydrogens is 222 g/mol. The molecule has 1 aliphatic rings. The van der Waals surface area contributed by atoms with Gasteiger partial charge in [-0.05, 0) is 48.9 Å². The largest absolute Gasteiger partial charge is 0.380 e. The number of aliphatic hydroxyl groups is 1. The molecule has 1 atom stereocenters. The Morgan fingerprint density at radius 2 is 2.00 bits per heavy atom. The minimum atomic E-state index is -0.868. The second kappa shape index (κ2) is 4.21. The first kappa shape index (κ1) is 11.4. The van der Waals surface area contributed by atoms with Crippen molar-refractivity contribution in [3.8, 4) is 0 Å². The fourth-order valence-electron chi connectivity index (χ4n) is 2.99. The van der Waals surface area contributed by atoms with Crippen LogP contribution in [-0.4, -0.2) is 10.1 Å². The minimum absolute atomic E-state index is 0.774. The van der Waals surface area contributed by atoms with Crippen molar-refractivity contribution in [2.75, 3.05) is 0 Å². The Hall–Kier alpha value is -1.67. The van der Waals surface area contributed by atoms with Crippen LogP contribution in [0.5, 0.6) is 0 Å². The molecule has 0 saturated heterocycles. The fourth-order valence-corrected chi connectivity index (χ4v) is 2.99. The Morgan fingerprint density at radius 3 is 2.83 bits per heavy atom. The van der Waals surface area contributed by atoms with Gasteiger partial charge in [0.1, 0.15) is 5.60 Å². The number of rotatable bonds is 1. The van der Waals surface area contributed by atoms with Crippen LogP contribution >= 0.6 is 0 Å². The summed E-state index contributed by atoms with van der Waals surface area (Å²) in [6.45, 7) is 2.03. The molecule has 1 heterocycles. The van der Waals surface area contributed by atoms with Gasteiger partial charge in [0.25, 0.3) is 0 Å². The molecule has 3 rings (SSSR count). The van der Waals surface area contributed by atoms with E-state index in [2.05, 4.69) is 11.1 Å². The summed E-state index contributed by atoms with van der Waals surface area (Å²) < 4.78 is 0. The predicted molar refractivity (Wildman–Crippen MR) is 71.4 cm³/mol. The lowest BCUT2D eigenvalue weighted by Gasteiger charge is -2.35. The van der Waals surface area contributed by atoms with Gasteiger partial charge in [-0.3, -0.25) is 4.98 Å². The molecule has 0 amide bonds. The maximum atomic E-state index is 11.1. The number of aromatic nitrogens is 1. The van der Waals surface area contributed by atoms with Crippen molar-refractivity contribution in [2.45, 2.75) is 31.8 Å². The Kier molecular flexibility index (Phi) is 2.67. The maximum absolute atomic E-state index is 11.1. The third-order valence-corrected chi connectivity index (χ3v) is 3.93. The highest BCUT2D eigenvalue weighted by Crippen LogP contribution is 2.41. The zero-order valence-electron chi connectivity index (χ0n) is 10.6. The van der Waals surface area contributed by atoms with Gasteiger partial charge < -0.3 is 5.11 Å². The predicted octanol–water partition coefficient (Wildman–Crippen LogP) is 2.96. The number of benzene rings is 1. The highest BCUT2D eigenvalue weighted by atomic mass is 16.3. The molecule has 1 unspecified atom stereocenters. The second-order valence-corrected chi connectivity index (χ2v) is 5.06. The van der Waals surface area contributed by atoms with Crippen LogP contribution in [-0.2, 0) is 12.0 Å². The molecule has 1 aromatic carbocycles. The van der Waals surface area contributed by atoms with E-state index in [1.807, 2.05) is 31.2 Å². The summed E-state index contributed by atoms with van der Waals surface area (Å²) in [5.41, 5.74) is 3.48. The van der Waals surface area contributed by atoms with E-state index in [9.17, 15) is 5.11 Å². The number of hydrogen-bond donors (Lipinski definition) is 1. The summed E-state index contributed by atoms with van der Waals surface area (Å²) in [5, 5.41) is 11.1. The minimum Gasteiger partial charge on any atom is -0.380 e. The van der Waals surface area contributed by atoms with Crippen LogP contribution in [0.15, 0.2) is 42.7 Å². The molecule has 18 heavy (non-hydrogen) atoms. The first-order valence-electron chi connectivity index (χ1n) is 6.44. The standard InChI is InChI=1S/C16H17NO/c1-12-8-10-17-11-15(12)16(18)9-4-6-13-5-2-3-7-14(13)16/h2-3,5,7-8,10-11,18H,4,6,9H2,1H3. The number of nitrogens with zero attached hydrogens (tertiary/aromatic N) is 1. The van der Waals surface area contributed by atoms with E-state index >= 15 is 0 Å². The van der Waals surface area contributed by atoms with Gasteiger partial charge in [-0.1, -0.05) is 24.3 Å². The number of pyridine rings is 1. The lowest BCUT2D eigenvalue weighted by atomic mass is 9.74. The van der Waals surface area contributed by atoms with E-state index in [4.69, 9.17) is 0 Å². The molecule has 0 fully saturated rings. The molecule has 0 radical (unpaired) electrons. The van der Waals surface area contributed by atoms with E-state index in [0.29, 0.717) is 0 Å². The molecule has 1 aliphatic carbocycles. The van der Waals surface area contributed by atoms with Crippen molar-refractivity contribution in [3.63, 3.8) is 0 Å². The summed E-state index contributed by atoms with van der Waals surface area (Å²) in [6, 6.07) is 10.2. The van der Waals surface area contributed by atoms with Gasteiger partial charge in [-0.2, -0.15) is 0 Å². The second-order valence-electron chi connectivity index (χ2n) is 5.06. The van der Waals surface area contributed by atoms with Crippen LogP contribution in [0.2, 0.25) is 0 Å². The lowest BCUT2D eigenvalue weighted by Crippen LogP contribution is -2.32. The van der Waals surface area contributed by atoms with Crippen molar-refractivity contribution in [1.29, 1.82) is 0 Å². The third kappa shape index (κ3) is 1.65. The summed E-state index contributed by atoms with van der Waals surface area (Å²) in [4.78, 5) is 4.18. The highest BCUT2D eigenvalue weighted by Gasteiger charge is 2.36. The van der Waals surface area contributed by atoms with Crippen LogP contribution < -0.4 is 0 Å². The van der Waals surface area contributed by atoms with E-state index in [0.717, 1.165) is 36.0 Å². The molecule has 0 bridgehead atoms. The first-order valence-corrected chi connectivity index (χ1v) is 6.44. The van der Waals surface area contributed by atoms with Gasteiger partial charge >= 0.3 is 0 Å². The van der Waals surface area contributed by atoms with Crippen molar-refractivity contribution < 1.29 is 5.11 Å². The van der Waals surface area contributed by atoms with Crippen molar-refractivity contribution in [1.82, 2.24) is 4.98 Å². The molecule has 2 heteroatoms. The number of fused-ring (bicyclic) bond motifs is 1. The van der Waals surface area contributed by atoms with Gasteiger partial charge in [0.2, 0.25) is 0 Å². The molecule has 2 nitrogen and oxygen atoms in total. The summed E-state index contributed by atoms with van der Waals surface area (Å²) in [7, 11) is 0. The van der Waals surface area contributed by atoms with Crippen LogP contribution in [0, 0.1) is 6.92 Å². The summed E-state index contributed by atoms with van der Waals surface area (Å²) >= 11 is 0. The zero-order chi connectivity index (χ0) is 12.6. The van der Waals surface area contributed by atoms with E-state index in [1.165, 1.54) is 5.56 Å². The molecule has 1 aromatic heterocycles. The lowest BCUT2D eigenvalue weighted by molar-refractivity contribution is 0.0606. The van der Waals surface area contributed by atoms with Gasteiger partial charge in [0.05, 0.1) is 0 Å². The van der Waals surface area contributed by atoms with Gasteiger partial charge in [0.15, 0.2) is 0 Å². The Balaban J connectivity index is 2.20. The first-order chi connectivity index (χ1) is 8.72. The number of hydrogen-bond acceptors (Lipinski definition) is 2. The smallest absolute Gasteiger partial charge is 0.117 e. The SMILES string of the molecule is Cc1ccncc1C1(O)CCCc2ccccc21. The Morgan fingerprint density at radius 1 is 1.17 bits per heavy atom. The summed E-state index contributed by atoms with van der Waals surface area (Å²) in [6.07, 6.45) is 6.42. The average molecular weight is 239 g/mol. The monoisotopic (exact) mass is 239 g/mol. The van der Waals surface area contributed by atoms with Crippen LogP contribution in [0.4, 0.5) is 0 Å². The van der Waals surface area contributed by atoms with E-state index in [-0.39, 0.29) is 0 Å². The topological polar surface area (TPSA) is 33.1 Å². The highest BCUT2D eigenvalue weighted by molar-refractivity contribution is 5.44. The third-order valence-electron chi connectivity index (χ3n) is 3.93. The van der Waals surface area contributed by atoms with Gasteiger partial charge in [0, 0.05) is 18.0 Å². The number of aryl methyl sites for hydroxylation is 2. The van der Waals surface area contributed by atoms with Gasteiger partial charge in [-0.25, -0.2) is 0 Å². The van der Waals surface area contributed by atoms with Crippen molar-refractivity contribution >= 4 is 0 Å². The van der Waals surface area contributed by atoms with Crippen LogP contribution in [0.25, 0.3) is 0 Å². The zero-order valence-corrected chi connectivity index (χ0v) is 10.6. The molecular formula is C16H17NO. The molecule has 92 valence electrons.